The zero-order valence-corrected chi connectivity index (χ0v) is 18.1. The van der Waals surface area contributed by atoms with E-state index in [0.717, 1.165) is 58.4 Å². The zero-order valence-electron chi connectivity index (χ0n) is 18.1. The van der Waals surface area contributed by atoms with E-state index < -0.39 is 11.4 Å². The molecule has 1 spiro atoms. The van der Waals surface area contributed by atoms with E-state index >= 15 is 0 Å². The predicted octanol–water partition coefficient (Wildman–Crippen LogP) is 5.13. The van der Waals surface area contributed by atoms with Gasteiger partial charge in [-0.25, -0.2) is 0 Å². The molecule has 4 heteroatoms. The van der Waals surface area contributed by atoms with Gasteiger partial charge in [-0.1, -0.05) is 50.2 Å². The molecule has 2 aromatic rings. The molecule has 1 saturated heterocycles. The number of nitrogens with zero attached hydrogens (tertiary/aromatic N) is 1. The highest BCUT2D eigenvalue weighted by Gasteiger charge is 2.47. The lowest BCUT2D eigenvalue weighted by molar-refractivity contribution is -0.319. The van der Waals surface area contributed by atoms with Crippen LogP contribution in [0.2, 0.25) is 0 Å². The smallest absolute Gasteiger partial charge is 0.168 e. The van der Waals surface area contributed by atoms with Crippen LogP contribution in [0.3, 0.4) is 0 Å². The molecule has 2 aromatic carbocycles. The van der Waals surface area contributed by atoms with Gasteiger partial charge in [-0.3, -0.25) is 0 Å². The molecular weight excluding hydrogens is 362 g/mol. The lowest BCUT2D eigenvalue weighted by Crippen LogP contribution is -2.52. The van der Waals surface area contributed by atoms with Gasteiger partial charge in [0.1, 0.15) is 0 Å². The number of aliphatic hydroxyl groups is 1. The molecule has 0 unspecified atom stereocenters. The van der Waals surface area contributed by atoms with E-state index in [-0.39, 0.29) is 5.41 Å². The Labute approximate surface area is 174 Å². The van der Waals surface area contributed by atoms with Crippen LogP contribution in [0.5, 0.6) is 0 Å². The van der Waals surface area contributed by atoms with Gasteiger partial charge in [0.05, 0.1) is 18.8 Å². The first-order valence-electron chi connectivity index (χ1n) is 11.1. The molecule has 4 nitrogen and oxygen atoms in total. The van der Waals surface area contributed by atoms with Crippen molar-refractivity contribution in [1.29, 1.82) is 0 Å². The summed E-state index contributed by atoms with van der Waals surface area (Å²) in [7, 11) is 0. The van der Waals surface area contributed by atoms with Crippen LogP contribution in [0, 0.1) is 5.41 Å². The predicted molar refractivity (Wildman–Crippen MR) is 118 cm³/mol. The molecule has 0 amide bonds. The van der Waals surface area contributed by atoms with Gasteiger partial charge in [0.25, 0.3) is 0 Å². The van der Waals surface area contributed by atoms with Gasteiger partial charge in [-0.15, -0.1) is 0 Å². The first kappa shape index (κ1) is 20.6. The summed E-state index contributed by atoms with van der Waals surface area (Å²) >= 11 is 0. The van der Waals surface area contributed by atoms with E-state index in [1.165, 1.54) is 16.5 Å². The fourth-order valence-electron chi connectivity index (χ4n) is 4.65. The average molecular weight is 398 g/mol. The van der Waals surface area contributed by atoms with Crippen molar-refractivity contribution in [2.45, 2.75) is 64.3 Å². The quantitative estimate of drug-likeness (QED) is 0.759. The second kappa shape index (κ2) is 7.90. The second-order valence-electron chi connectivity index (χ2n) is 9.70. The highest BCUT2D eigenvalue weighted by atomic mass is 16.7. The van der Waals surface area contributed by atoms with Gasteiger partial charge in [0.15, 0.2) is 5.79 Å². The topological polar surface area (TPSA) is 41.9 Å². The third-order valence-corrected chi connectivity index (χ3v) is 6.73. The number of rotatable bonds is 5. The number of anilines is 1. The molecule has 29 heavy (non-hydrogen) atoms. The molecule has 1 aliphatic carbocycles. The van der Waals surface area contributed by atoms with Crippen LogP contribution in [-0.4, -0.2) is 42.8 Å². The normalized spacial score (nSPS) is 22.6. The summed E-state index contributed by atoms with van der Waals surface area (Å²) in [5, 5.41) is 13.8. The summed E-state index contributed by atoms with van der Waals surface area (Å²) in [6.07, 6.45) is 3.80. The maximum atomic E-state index is 11.3. The summed E-state index contributed by atoms with van der Waals surface area (Å²) < 4.78 is 12.3. The van der Waals surface area contributed by atoms with Gasteiger partial charge >= 0.3 is 0 Å². The first-order valence-corrected chi connectivity index (χ1v) is 11.1. The van der Waals surface area contributed by atoms with Gasteiger partial charge in [0, 0.05) is 42.4 Å². The summed E-state index contributed by atoms with van der Waals surface area (Å²) in [4.78, 5) is 2.39. The Bertz CT molecular complexity index is 822. The van der Waals surface area contributed by atoms with E-state index in [4.69, 9.17) is 9.47 Å². The van der Waals surface area contributed by atoms with Crippen LogP contribution < -0.4 is 4.90 Å². The number of benzene rings is 2. The van der Waals surface area contributed by atoms with Crippen LogP contribution in [-0.2, 0) is 9.47 Å². The minimum absolute atomic E-state index is 0.0824. The third-order valence-electron chi connectivity index (χ3n) is 6.73. The molecule has 1 N–H and O–H groups in total. The Balaban J connectivity index is 1.39. The molecule has 2 aliphatic rings. The first-order chi connectivity index (χ1) is 13.8. The lowest BCUT2D eigenvalue weighted by Gasteiger charge is -2.49. The zero-order chi connectivity index (χ0) is 20.5. The maximum Gasteiger partial charge on any atom is 0.168 e. The minimum Gasteiger partial charge on any atom is -0.390 e. The fourth-order valence-corrected chi connectivity index (χ4v) is 4.65. The van der Waals surface area contributed by atoms with Crippen LogP contribution in [0.25, 0.3) is 10.8 Å². The second-order valence-corrected chi connectivity index (χ2v) is 9.70. The highest BCUT2D eigenvalue weighted by molar-refractivity contribution is 5.94. The van der Waals surface area contributed by atoms with Crippen molar-refractivity contribution >= 4 is 16.5 Å². The Morgan fingerprint density at radius 3 is 2.28 bits per heavy atom. The van der Waals surface area contributed by atoms with Gasteiger partial charge in [-0.05, 0) is 37.6 Å². The monoisotopic (exact) mass is 397 g/mol. The number of hydrogen-bond donors (Lipinski definition) is 1. The molecule has 0 atom stereocenters. The molecule has 1 heterocycles. The third kappa shape index (κ3) is 4.45. The Morgan fingerprint density at radius 2 is 1.59 bits per heavy atom. The standard InChI is InChI=1S/C25H35NO3/c1-4-26(22-11-7-9-20-8-5-6-10-21(20)22)17-16-24(27)12-14-25(15-13-24)28-18-23(2,3)19-29-25/h5-11,27H,4,12-19H2,1-3H3. The van der Waals surface area contributed by atoms with Crippen molar-refractivity contribution < 1.29 is 14.6 Å². The van der Waals surface area contributed by atoms with Crippen molar-refractivity contribution in [3.8, 4) is 0 Å². The van der Waals surface area contributed by atoms with Crippen molar-refractivity contribution in [3.63, 3.8) is 0 Å². The summed E-state index contributed by atoms with van der Waals surface area (Å²) in [6.45, 7) is 9.77. The van der Waals surface area contributed by atoms with Crippen LogP contribution in [0.15, 0.2) is 42.5 Å². The molecule has 1 saturated carbocycles. The van der Waals surface area contributed by atoms with Crippen molar-refractivity contribution in [3.05, 3.63) is 42.5 Å². The fraction of sp³-hybridized carbons (Fsp3) is 0.600. The van der Waals surface area contributed by atoms with E-state index in [2.05, 4.69) is 68.1 Å². The van der Waals surface area contributed by atoms with Crippen molar-refractivity contribution in [2.24, 2.45) is 5.41 Å². The van der Waals surface area contributed by atoms with Crippen LogP contribution in [0.4, 0.5) is 5.69 Å². The largest absolute Gasteiger partial charge is 0.390 e. The molecule has 158 valence electrons. The molecule has 1 aliphatic heterocycles. The Kier molecular flexibility index (Phi) is 5.62. The molecule has 4 rings (SSSR count). The summed E-state index contributed by atoms with van der Waals surface area (Å²) in [6, 6.07) is 15.0. The lowest BCUT2D eigenvalue weighted by atomic mass is 9.78. The Hall–Kier alpha value is -1.62. The van der Waals surface area contributed by atoms with E-state index in [1.54, 1.807) is 0 Å². The SMILES string of the molecule is CCN(CCC1(O)CCC2(CC1)OCC(C)(C)CO2)c1cccc2ccccc12. The number of fused-ring (bicyclic) bond motifs is 1. The van der Waals surface area contributed by atoms with E-state index in [9.17, 15) is 5.11 Å². The molecular formula is C25H35NO3. The maximum absolute atomic E-state index is 11.3. The Morgan fingerprint density at radius 1 is 0.931 bits per heavy atom. The summed E-state index contributed by atoms with van der Waals surface area (Å²) in [5.41, 5.74) is 0.699. The molecule has 2 fully saturated rings. The average Bonchev–Trinajstić information content (AvgIpc) is 2.73. The molecule has 0 bridgehead atoms. The van der Waals surface area contributed by atoms with Gasteiger partial charge in [-0.2, -0.15) is 0 Å². The minimum atomic E-state index is -0.636. The van der Waals surface area contributed by atoms with Crippen molar-refractivity contribution in [1.82, 2.24) is 0 Å². The van der Waals surface area contributed by atoms with Gasteiger partial charge < -0.3 is 19.5 Å². The van der Waals surface area contributed by atoms with Gasteiger partial charge in [0.2, 0.25) is 0 Å². The molecule has 0 radical (unpaired) electrons. The number of ether oxygens (including phenoxy) is 2. The van der Waals surface area contributed by atoms with Crippen LogP contribution in [0.1, 0.15) is 52.9 Å². The van der Waals surface area contributed by atoms with E-state index in [1.807, 2.05) is 0 Å². The number of hydrogen-bond acceptors (Lipinski definition) is 4. The van der Waals surface area contributed by atoms with Crippen LogP contribution >= 0.6 is 0 Å². The molecule has 0 aromatic heterocycles. The highest BCUT2D eigenvalue weighted by Crippen LogP contribution is 2.43. The summed E-state index contributed by atoms with van der Waals surface area (Å²) in [5.74, 6) is -0.470. The van der Waals surface area contributed by atoms with Crippen molar-refractivity contribution in [2.75, 3.05) is 31.2 Å². The van der Waals surface area contributed by atoms with E-state index in [0.29, 0.717) is 0 Å².